The van der Waals surface area contributed by atoms with Gasteiger partial charge in [0.25, 0.3) is 5.91 Å². The molecule has 0 aliphatic rings. The number of carbonyl (C=O) groups is 1. The Morgan fingerprint density at radius 1 is 1.22 bits per heavy atom. The number of nitrogens with one attached hydrogen (secondary N) is 1. The first-order valence-corrected chi connectivity index (χ1v) is 4.97. The summed E-state index contributed by atoms with van der Waals surface area (Å²) in [4.78, 5) is 15.0. The van der Waals surface area contributed by atoms with Crippen LogP contribution in [0.5, 0.6) is 5.75 Å². The van der Waals surface area contributed by atoms with E-state index >= 15 is 0 Å². The maximum absolute atomic E-state index is 13.0. The van der Waals surface area contributed by atoms with Crippen molar-refractivity contribution in [2.24, 2.45) is 0 Å². The number of anilines is 1. The predicted molar refractivity (Wildman–Crippen MR) is 60.2 cm³/mol. The van der Waals surface area contributed by atoms with Gasteiger partial charge in [0.05, 0.1) is 5.56 Å². The molecule has 0 atom stereocenters. The average molecular weight is 250 g/mol. The van der Waals surface area contributed by atoms with Gasteiger partial charge < -0.3 is 10.4 Å². The first kappa shape index (κ1) is 12.0. The van der Waals surface area contributed by atoms with Gasteiger partial charge in [0.1, 0.15) is 0 Å². The Kier molecular flexibility index (Phi) is 3.18. The Morgan fingerprint density at radius 3 is 2.61 bits per heavy atom. The maximum atomic E-state index is 13.0. The number of halogens is 2. The van der Waals surface area contributed by atoms with Crippen LogP contribution in [0.2, 0.25) is 0 Å². The highest BCUT2D eigenvalue weighted by Gasteiger charge is 2.08. The Morgan fingerprint density at radius 2 is 2.00 bits per heavy atom. The van der Waals surface area contributed by atoms with Crippen LogP contribution < -0.4 is 5.32 Å². The molecular formula is C12H8F2N2O2. The zero-order valence-electron chi connectivity index (χ0n) is 9.02. The minimum atomic E-state index is -0.843. The molecule has 2 rings (SSSR count). The van der Waals surface area contributed by atoms with Gasteiger partial charge in [-0.2, -0.15) is 4.39 Å². The number of carbonyl (C=O) groups excluding carboxylic acids is 1. The minimum Gasteiger partial charge on any atom is -0.505 e. The van der Waals surface area contributed by atoms with Crippen LogP contribution in [-0.2, 0) is 0 Å². The average Bonchev–Trinajstić information content (AvgIpc) is 2.34. The number of amides is 1. The third kappa shape index (κ3) is 2.60. The summed E-state index contributed by atoms with van der Waals surface area (Å²) >= 11 is 0. The summed E-state index contributed by atoms with van der Waals surface area (Å²) in [6.07, 6.45) is 1.07. The first-order valence-electron chi connectivity index (χ1n) is 4.97. The molecule has 1 aromatic carbocycles. The number of aromatic nitrogens is 1. The van der Waals surface area contributed by atoms with Crippen molar-refractivity contribution in [3.8, 4) is 5.75 Å². The molecule has 6 heteroatoms. The fourth-order valence-corrected chi connectivity index (χ4v) is 1.30. The Labute approximate surface area is 101 Å². The van der Waals surface area contributed by atoms with E-state index in [1.807, 2.05) is 0 Å². The summed E-state index contributed by atoms with van der Waals surface area (Å²) in [6.45, 7) is 0. The summed E-state index contributed by atoms with van der Waals surface area (Å²) in [5, 5.41) is 11.4. The lowest BCUT2D eigenvalue weighted by molar-refractivity contribution is 0.102. The van der Waals surface area contributed by atoms with Gasteiger partial charge in [-0.1, -0.05) is 0 Å². The zero-order chi connectivity index (χ0) is 13.1. The van der Waals surface area contributed by atoms with Crippen molar-refractivity contribution in [3.63, 3.8) is 0 Å². The van der Waals surface area contributed by atoms with Crippen LogP contribution in [0, 0.1) is 11.8 Å². The van der Waals surface area contributed by atoms with Crippen LogP contribution in [0.4, 0.5) is 14.5 Å². The van der Waals surface area contributed by atoms with Gasteiger partial charge in [-0.15, -0.1) is 0 Å². The molecule has 1 aromatic heterocycles. The van der Waals surface area contributed by atoms with E-state index in [0.717, 1.165) is 24.4 Å². The molecule has 92 valence electrons. The van der Waals surface area contributed by atoms with Crippen LogP contribution in [0.15, 0.2) is 36.5 Å². The number of phenols is 1. The first-order chi connectivity index (χ1) is 8.56. The molecule has 4 nitrogen and oxygen atoms in total. The smallest absolute Gasteiger partial charge is 0.257 e. The van der Waals surface area contributed by atoms with Crippen molar-refractivity contribution >= 4 is 11.6 Å². The number of phenolic OH excluding ortho intramolecular Hbond substituents is 1. The minimum absolute atomic E-state index is 0.143. The normalized spacial score (nSPS) is 10.1. The standard InChI is InChI=1S/C12H8F2N2O2/c13-9-5-8(2-3-10(9)17)16-12(18)7-1-4-11(14)15-6-7/h1-6,17H,(H,16,18). The number of hydrogen-bond acceptors (Lipinski definition) is 3. The molecule has 2 aromatic rings. The van der Waals surface area contributed by atoms with Crippen LogP contribution in [0.3, 0.4) is 0 Å². The van der Waals surface area contributed by atoms with E-state index in [4.69, 9.17) is 5.11 Å². The van der Waals surface area contributed by atoms with Gasteiger partial charge >= 0.3 is 0 Å². The summed E-state index contributed by atoms with van der Waals surface area (Å²) < 4.78 is 25.6. The highest BCUT2D eigenvalue weighted by molar-refractivity contribution is 6.04. The molecule has 18 heavy (non-hydrogen) atoms. The molecule has 0 saturated carbocycles. The molecular weight excluding hydrogens is 242 g/mol. The number of rotatable bonds is 2. The highest BCUT2D eigenvalue weighted by atomic mass is 19.1. The van der Waals surface area contributed by atoms with Gasteiger partial charge in [-0.3, -0.25) is 4.79 Å². The summed E-state index contributed by atoms with van der Waals surface area (Å²) in [6, 6.07) is 5.74. The number of pyridine rings is 1. The van der Waals surface area contributed by atoms with Crippen LogP contribution in [-0.4, -0.2) is 16.0 Å². The lowest BCUT2D eigenvalue weighted by Gasteiger charge is -2.05. The van der Waals surface area contributed by atoms with E-state index in [-0.39, 0.29) is 11.3 Å². The van der Waals surface area contributed by atoms with Gasteiger partial charge in [0.15, 0.2) is 11.6 Å². The van der Waals surface area contributed by atoms with Crippen molar-refractivity contribution in [1.29, 1.82) is 0 Å². The third-order valence-corrected chi connectivity index (χ3v) is 2.20. The molecule has 2 N–H and O–H groups in total. The fraction of sp³-hybridized carbons (Fsp3) is 0. The van der Waals surface area contributed by atoms with E-state index in [2.05, 4.69) is 10.3 Å². The number of benzene rings is 1. The van der Waals surface area contributed by atoms with Crippen molar-refractivity contribution in [3.05, 3.63) is 53.9 Å². The second-order valence-electron chi connectivity index (χ2n) is 3.49. The lowest BCUT2D eigenvalue weighted by Crippen LogP contribution is -2.12. The summed E-state index contributed by atoms with van der Waals surface area (Å²) in [7, 11) is 0. The summed E-state index contributed by atoms with van der Waals surface area (Å²) in [5.74, 6) is -2.59. The molecule has 1 heterocycles. The Hall–Kier alpha value is -2.50. The maximum Gasteiger partial charge on any atom is 0.257 e. The molecule has 0 saturated heterocycles. The topological polar surface area (TPSA) is 62.2 Å². The van der Waals surface area contributed by atoms with E-state index in [0.29, 0.717) is 0 Å². The van der Waals surface area contributed by atoms with Crippen molar-refractivity contribution in [1.82, 2.24) is 4.98 Å². The third-order valence-electron chi connectivity index (χ3n) is 2.20. The van der Waals surface area contributed by atoms with Gasteiger partial charge in [0.2, 0.25) is 5.95 Å². The zero-order valence-corrected chi connectivity index (χ0v) is 9.02. The van der Waals surface area contributed by atoms with E-state index < -0.39 is 23.4 Å². The van der Waals surface area contributed by atoms with Crippen LogP contribution >= 0.6 is 0 Å². The molecule has 0 bridgehead atoms. The largest absolute Gasteiger partial charge is 0.505 e. The van der Waals surface area contributed by atoms with Gasteiger partial charge in [0, 0.05) is 18.0 Å². The Bertz CT molecular complexity index is 585. The fourth-order valence-electron chi connectivity index (χ4n) is 1.30. The van der Waals surface area contributed by atoms with Crippen molar-refractivity contribution in [2.45, 2.75) is 0 Å². The molecule has 0 spiro atoms. The molecule has 1 amide bonds. The lowest BCUT2D eigenvalue weighted by atomic mass is 10.2. The van der Waals surface area contributed by atoms with Gasteiger partial charge in [-0.05, 0) is 24.3 Å². The SMILES string of the molecule is O=C(Nc1ccc(O)c(F)c1)c1ccc(F)nc1. The number of aromatic hydroxyl groups is 1. The molecule has 0 unspecified atom stereocenters. The second-order valence-corrected chi connectivity index (χ2v) is 3.49. The Balaban J connectivity index is 2.16. The van der Waals surface area contributed by atoms with Gasteiger partial charge in [-0.25, -0.2) is 9.37 Å². The van der Waals surface area contributed by atoms with E-state index in [9.17, 15) is 13.6 Å². The van der Waals surface area contributed by atoms with E-state index in [1.54, 1.807) is 0 Å². The number of nitrogens with zero attached hydrogens (tertiary/aromatic N) is 1. The second kappa shape index (κ2) is 4.79. The highest BCUT2D eigenvalue weighted by Crippen LogP contribution is 2.19. The molecule has 0 fully saturated rings. The van der Waals surface area contributed by atoms with Crippen LogP contribution in [0.25, 0.3) is 0 Å². The quantitative estimate of drug-likeness (QED) is 0.635. The van der Waals surface area contributed by atoms with Crippen molar-refractivity contribution in [2.75, 3.05) is 5.32 Å². The van der Waals surface area contributed by atoms with E-state index in [1.165, 1.54) is 12.1 Å². The van der Waals surface area contributed by atoms with Crippen molar-refractivity contribution < 1.29 is 18.7 Å². The molecule has 0 aliphatic carbocycles. The summed E-state index contributed by atoms with van der Waals surface area (Å²) in [5.41, 5.74) is 0.324. The predicted octanol–water partition coefficient (Wildman–Crippen LogP) is 2.32. The monoisotopic (exact) mass is 250 g/mol. The molecule has 0 radical (unpaired) electrons. The number of hydrogen-bond donors (Lipinski definition) is 2. The van der Waals surface area contributed by atoms with Crippen LogP contribution in [0.1, 0.15) is 10.4 Å². The molecule has 0 aliphatic heterocycles.